The summed E-state index contributed by atoms with van der Waals surface area (Å²) in [6, 6.07) is 8.11. The van der Waals surface area contributed by atoms with Crippen LogP contribution in [0, 0.1) is 23.2 Å². The first-order valence-electron chi connectivity index (χ1n) is 6.16. The van der Waals surface area contributed by atoms with Gasteiger partial charge in [-0.3, -0.25) is 4.79 Å². The molecule has 2 rings (SSSR count). The Morgan fingerprint density at radius 2 is 2.28 bits per heavy atom. The molecular formula is C14H17N3O. The lowest BCUT2D eigenvalue weighted by Crippen LogP contribution is -2.17. The van der Waals surface area contributed by atoms with Crippen LogP contribution in [0.2, 0.25) is 0 Å². The lowest BCUT2D eigenvalue weighted by atomic mass is 9.97. The van der Waals surface area contributed by atoms with Crippen LogP contribution in [0.25, 0.3) is 0 Å². The molecule has 1 atom stereocenters. The molecule has 0 aromatic heterocycles. The summed E-state index contributed by atoms with van der Waals surface area (Å²) < 4.78 is 0. The third kappa shape index (κ3) is 2.62. The molecular weight excluding hydrogens is 226 g/mol. The Kier molecular flexibility index (Phi) is 3.52. The first kappa shape index (κ1) is 12.4. The van der Waals surface area contributed by atoms with Crippen molar-refractivity contribution < 1.29 is 4.79 Å². The molecule has 0 bridgehead atoms. The number of anilines is 2. The lowest BCUT2D eigenvalue weighted by Gasteiger charge is -2.15. The minimum Gasteiger partial charge on any atom is -0.384 e. The van der Waals surface area contributed by atoms with Gasteiger partial charge in [0.2, 0.25) is 5.91 Å². The van der Waals surface area contributed by atoms with Gasteiger partial charge in [0.1, 0.15) is 0 Å². The van der Waals surface area contributed by atoms with Gasteiger partial charge in [0.05, 0.1) is 18.4 Å². The highest BCUT2D eigenvalue weighted by molar-refractivity contribution is 5.99. The summed E-state index contributed by atoms with van der Waals surface area (Å²) in [5, 5.41) is 15.1. The van der Waals surface area contributed by atoms with Crippen LogP contribution in [0.1, 0.15) is 19.4 Å². The SMILES string of the molecule is CC(C)C(C#N)CNc1ccc2c(c1)CC(=O)N2. The number of nitriles is 1. The number of amides is 1. The van der Waals surface area contributed by atoms with Crippen LogP contribution in [-0.2, 0) is 11.2 Å². The molecule has 0 spiro atoms. The minimum absolute atomic E-state index is 0.00184. The Bertz CT molecular complexity index is 502. The number of carbonyl (C=O) groups excluding carboxylic acids is 1. The van der Waals surface area contributed by atoms with Gasteiger partial charge in [-0.05, 0) is 29.7 Å². The predicted octanol–water partition coefficient (Wildman–Crippen LogP) is 2.39. The quantitative estimate of drug-likeness (QED) is 0.853. The fourth-order valence-electron chi connectivity index (χ4n) is 2.00. The Hall–Kier alpha value is -2.02. The molecule has 1 unspecified atom stereocenters. The number of hydrogen-bond acceptors (Lipinski definition) is 3. The number of nitrogens with one attached hydrogen (secondary N) is 2. The largest absolute Gasteiger partial charge is 0.384 e. The first-order chi connectivity index (χ1) is 8.60. The standard InChI is InChI=1S/C14H17N3O/c1-9(2)11(7-15)8-16-12-3-4-13-10(5-12)6-14(18)17-13/h3-5,9,11,16H,6,8H2,1-2H3,(H,17,18). The van der Waals surface area contributed by atoms with Crippen molar-refractivity contribution in [1.82, 2.24) is 0 Å². The third-order valence-electron chi connectivity index (χ3n) is 3.23. The normalized spacial score (nSPS) is 14.9. The van der Waals surface area contributed by atoms with Crippen molar-refractivity contribution in [2.75, 3.05) is 17.2 Å². The van der Waals surface area contributed by atoms with Crippen LogP contribution >= 0.6 is 0 Å². The van der Waals surface area contributed by atoms with E-state index in [0.717, 1.165) is 16.9 Å². The van der Waals surface area contributed by atoms with Gasteiger partial charge in [-0.1, -0.05) is 13.8 Å². The van der Waals surface area contributed by atoms with Gasteiger partial charge in [0, 0.05) is 17.9 Å². The van der Waals surface area contributed by atoms with Crippen LogP contribution in [0.15, 0.2) is 18.2 Å². The van der Waals surface area contributed by atoms with E-state index in [2.05, 4.69) is 16.7 Å². The molecule has 0 saturated heterocycles. The maximum absolute atomic E-state index is 11.2. The molecule has 4 heteroatoms. The highest BCUT2D eigenvalue weighted by Crippen LogP contribution is 2.26. The average molecular weight is 243 g/mol. The first-order valence-corrected chi connectivity index (χ1v) is 6.16. The second-order valence-electron chi connectivity index (χ2n) is 4.96. The molecule has 0 aliphatic carbocycles. The molecule has 4 nitrogen and oxygen atoms in total. The molecule has 0 fully saturated rings. The molecule has 18 heavy (non-hydrogen) atoms. The number of hydrogen-bond donors (Lipinski definition) is 2. The van der Waals surface area contributed by atoms with Crippen molar-refractivity contribution in [3.05, 3.63) is 23.8 Å². The summed E-state index contributed by atoms with van der Waals surface area (Å²) in [6.45, 7) is 4.72. The fourth-order valence-corrected chi connectivity index (χ4v) is 2.00. The number of nitrogens with zero attached hydrogens (tertiary/aromatic N) is 1. The molecule has 94 valence electrons. The van der Waals surface area contributed by atoms with Gasteiger partial charge >= 0.3 is 0 Å². The zero-order chi connectivity index (χ0) is 13.1. The summed E-state index contributed by atoms with van der Waals surface area (Å²) in [7, 11) is 0. The van der Waals surface area contributed by atoms with E-state index in [4.69, 9.17) is 5.26 Å². The Labute approximate surface area is 107 Å². The number of rotatable bonds is 4. The highest BCUT2D eigenvalue weighted by Gasteiger charge is 2.18. The van der Waals surface area contributed by atoms with Crippen molar-refractivity contribution in [3.63, 3.8) is 0 Å². The van der Waals surface area contributed by atoms with Gasteiger partial charge in [-0.15, -0.1) is 0 Å². The summed E-state index contributed by atoms with van der Waals surface area (Å²) in [5.74, 6) is 0.373. The van der Waals surface area contributed by atoms with Gasteiger partial charge in [0.15, 0.2) is 0 Å². The lowest BCUT2D eigenvalue weighted by molar-refractivity contribution is -0.115. The molecule has 2 N–H and O–H groups in total. The number of fused-ring (bicyclic) bond motifs is 1. The van der Waals surface area contributed by atoms with E-state index in [1.165, 1.54) is 0 Å². The van der Waals surface area contributed by atoms with Crippen LogP contribution in [0.3, 0.4) is 0 Å². The van der Waals surface area contributed by atoms with E-state index in [-0.39, 0.29) is 11.8 Å². The average Bonchev–Trinajstić information content (AvgIpc) is 2.68. The smallest absolute Gasteiger partial charge is 0.228 e. The molecule has 1 amide bonds. The van der Waals surface area contributed by atoms with Crippen molar-refractivity contribution in [1.29, 1.82) is 5.26 Å². The summed E-state index contributed by atoms with van der Waals surface area (Å²) in [4.78, 5) is 11.2. The van der Waals surface area contributed by atoms with Crippen molar-refractivity contribution in [2.45, 2.75) is 20.3 Å². The Morgan fingerprint density at radius 1 is 1.50 bits per heavy atom. The maximum atomic E-state index is 11.2. The van der Waals surface area contributed by atoms with Gasteiger partial charge < -0.3 is 10.6 Å². The molecule has 1 aliphatic rings. The van der Waals surface area contributed by atoms with E-state index in [0.29, 0.717) is 18.9 Å². The predicted molar refractivity (Wildman–Crippen MR) is 71.2 cm³/mol. The Balaban J connectivity index is 2.02. The van der Waals surface area contributed by atoms with Crippen molar-refractivity contribution in [3.8, 4) is 6.07 Å². The highest BCUT2D eigenvalue weighted by atomic mass is 16.1. The number of benzene rings is 1. The van der Waals surface area contributed by atoms with Gasteiger partial charge in [-0.2, -0.15) is 5.26 Å². The van der Waals surface area contributed by atoms with E-state index < -0.39 is 0 Å². The summed E-state index contributed by atoms with van der Waals surface area (Å²) in [6.07, 6.45) is 0.441. The van der Waals surface area contributed by atoms with E-state index >= 15 is 0 Å². The van der Waals surface area contributed by atoms with Crippen LogP contribution in [0.4, 0.5) is 11.4 Å². The van der Waals surface area contributed by atoms with Crippen LogP contribution < -0.4 is 10.6 Å². The molecule has 1 aromatic carbocycles. The van der Waals surface area contributed by atoms with Crippen LogP contribution in [0.5, 0.6) is 0 Å². The summed E-state index contributed by atoms with van der Waals surface area (Å²) in [5.41, 5.74) is 2.88. The maximum Gasteiger partial charge on any atom is 0.228 e. The second kappa shape index (κ2) is 5.09. The van der Waals surface area contributed by atoms with Gasteiger partial charge in [-0.25, -0.2) is 0 Å². The Morgan fingerprint density at radius 3 is 2.94 bits per heavy atom. The molecule has 0 radical (unpaired) electrons. The van der Waals surface area contributed by atoms with Gasteiger partial charge in [0.25, 0.3) is 0 Å². The van der Waals surface area contributed by atoms with Crippen molar-refractivity contribution in [2.24, 2.45) is 11.8 Å². The monoisotopic (exact) mass is 243 g/mol. The zero-order valence-electron chi connectivity index (χ0n) is 10.7. The van der Waals surface area contributed by atoms with E-state index in [1.54, 1.807) is 0 Å². The van der Waals surface area contributed by atoms with E-state index in [1.807, 2.05) is 32.0 Å². The van der Waals surface area contributed by atoms with Crippen molar-refractivity contribution >= 4 is 17.3 Å². The summed E-state index contributed by atoms with van der Waals surface area (Å²) >= 11 is 0. The third-order valence-corrected chi connectivity index (χ3v) is 3.23. The zero-order valence-corrected chi connectivity index (χ0v) is 10.7. The molecule has 1 heterocycles. The minimum atomic E-state index is -0.00184. The molecule has 1 aliphatic heterocycles. The van der Waals surface area contributed by atoms with E-state index in [9.17, 15) is 4.79 Å². The molecule has 0 saturated carbocycles. The topological polar surface area (TPSA) is 64.9 Å². The fraction of sp³-hybridized carbons (Fsp3) is 0.429. The van der Waals surface area contributed by atoms with Crippen LogP contribution in [-0.4, -0.2) is 12.5 Å². The molecule has 1 aromatic rings. The second-order valence-corrected chi connectivity index (χ2v) is 4.96. The number of carbonyl (C=O) groups is 1.